The minimum atomic E-state index is -0.219. The van der Waals surface area contributed by atoms with Gasteiger partial charge in [-0.15, -0.1) is 0 Å². The molecule has 0 spiro atoms. The Morgan fingerprint density at radius 2 is 2.14 bits per heavy atom. The summed E-state index contributed by atoms with van der Waals surface area (Å²) in [6, 6.07) is 6.21. The quantitative estimate of drug-likeness (QED) is 0.475. The predicted octanol–water partition coefficient (Wildman–Crippen LogP) is 4.58. The molecule has 3 aromatic heterocycles. The normalized spacial score (nSPS) is 15.3. The number of benzene rings is 1. The summed E-state index contributed by atoms with van der Waals surface area (Å²) in [6.07, 6.45) is 6.09. The molecule has 3 N–H and O–H groups in total. The van der Waals surface area contributed by atoms with Crippen molar-refractivity contribution in [2.24, 2.45) is 5.92 Å². The van der Waals surface area contributed by atoms with Crippen LogP contribution >= 0.6 is 0 Å². The molecule has 0 amide bonds. The van der Waals surface area contributed by atoms with Crippen molar-refractivity contribution in [1.29, 1.82) is 0 Å². The van der Waals surface area contributed by atoms with Gasteiger partial charge in [-0.1, -0.05) is 0 Å². The van der Waals surface area contributed by atoms with Gasteiger partial charge in [0.2, 0.25) is 0 Å². The highest BCUT2D eigenvalue weighted by Crippen LogP contribution is 2.40. The molecule has 1 atom stereocenters. The zero-order valence-corrected chi connectivity index (χ0v) is 16.2. The molecule has 1 unspecified atom stereocenters. The Morgan fingerprint density at radius 1 is 1.32 bits per heavy atom. The van der Waals surface area contributed by atoms with Gasteiger partial charge in [-0.05, 0) is 61.4 Å². The minimum absolute atomic E-state index is 0.219. The number of nitrogens with zero attached hydrogens (tertiary/aromatic N) is 3. The number of rotatable bonds is 5. The van der Waals surface area contributed by atoms with Crippen LogP contribution in [0.25, 0.3) is 27.5 Å². The molecule has 7 heteroatoms. The second kappa shape index (κ2) is 6.22. The van der Waals surface area contributed by atoms with Crippen LogP contribution in [0, 0.1) is 18.7 Å². The van der Waals surface area contributed by atoms with E-state index >= 15 is 4.39 Å². The Hall–Kier alpha value is -3.09. The summed E-state index contributed by atoms with van der Waals surface area (Å²) >= 11 is 0. The maximum Gasteiger partial charge on any atom is 0.152 e. The molecule has 4 aromatic rings. The van der Waals surface area contributed by atoms with E-state index in [1.807, 2.05) is 38.4 Å². The van der Waals surface area contributed by atoms with Crippen LogP contribution in [-0.4, -0.2) is 32.9 Å². The molecule has 0 bridgehead atoms. The molecule has 1 aliphatic carbocycles. The van der Waals surface area contributed by atoms with Crippen molar-refractivity contribution in [3.05, 3.63) is 42.0 Å². The first-order valence-corrected chi connectivity index (χ1v) is 9.66. The number of halogens is 1. The zero-order valence-electron chi connectivity index (χ0n) is 16.2. The van der Waals surface area contributed by atoms with E-state index in [0.29, 0.717) is 17.2 Å². The third-order valence-corrected chi connectivity index (χ3v) is 5.79. The van der Waals surface area contributed by atoms with Crippen molar-refractivity contribution >= 4 is 27.9 Å². The lowest BCUT2D eigenvalue weighted by Crippen LogP contribution is -2.19. The third-order valence-electron chi connectivity index (χ3n) is 5.79. The van der Waals surface area contributed by atoms with Crippen molar-refractivity contribution in [3.63, 3.8) is 0 Å². The van der Waals surface area contributed by atoms with Crippen molar-refractivity contribution in [1.82, 2.24) is 19.8 Å². The Labute approximate surface area is 162 Å². The van der Waals surface area contributed by atoms with Crippen LogP contribution in [0.2, 0.25) is 0 Å². The maximum absolute atomic E-state index is 15.4. The summed E-state index contributed by atoms with van der Waals surface area (Å²) in [5.74, 6) is 1.20. The highest BCUT2D eigenvalue weighted by atomic mass is 19.1. The van der Waals surface area contributed by atoms with Gasteiger partial charge in [0.25, 0.3) is 0 Å². The number of H-pyrrole nitrogens is 1. The van der Waals surface area contributed by atoms with Crippen LogP contribution in [0.1, 0.15) is 25.3 Å². The van der Waals surface area contributed by atoms with E-state index in [1.165, 1.54) is 12.8 Å². The Balaban J connectivity index is 1.67. The van der Waals surface area contributed by atoms with Crippen LogP contribution in [0.5, 0.6) is 0 Å². The lowest BCUT2D eigenvalue weighted by molar-refractivity contribution is 0.613. The maximum atomic E-state index is 15.4. The largest absolute Gasteiger partial charge is 0.378 e. The second-order valence-electron chi connectivity index (χ2n) is 7.68. The molecule has 0 radical (unpaired) electrons. The molecule has 6 nitrogen and oxygen atoms in total. The van der Waals surface area contributed by atoms with E-state index in [9.17, 15) is 0 Å². The van der Waals surface area contributed by atoms with Crippen LogP contribution in [0.3, 0.4) is 0 Å². The van der Waals surface area contributed by atoms with Gasteiger partial charge in [0, 0.05) is 30.7 Å². The third kappa shape index (κ3) is 2.61. The molecule has 144 valence electrons. The van der Waals surface area contributed by atoms with Crippen molar-refractivity contribution in [2.75, 3.05) is 17.7 Å². The SMILES string of the molecule is CNc1cc2cc(-c3c(C)c(F)c(NC(C)C4CC4)c4[nH]ncc34)ccn2n1. The van der Waals surface area contributed by atoms with Gasteiger partial charge in [0.05, 0.1) is 22.9 Å². The Morgan fingerprint density at radius 3 is 2.89 bits per heavy atom. The van der Waals surface area contributed by atoms with Gasteiger partial charge < -0.3 is 10.6 Å². The van der Waals surface area contributed by atoms with E-state index < -0.39 is 0 Å². The summed E-state index contributed by atoms with van der Waals surface area (Å²) in [7, 11) is 1.84. The van der Waals surface area contributed by atoms with Crippen molar-refractivity contribution in [2.45, 2.75) is 32.7 Å². The summed E-state index contributed by atoms with van der Waals surface area (Å²) in [5, 5.41) is 19.0. The smallest absolute Gasteiger partial charge is 0.152 e. The highest BCUT2D eigenvalue weighted by Gasteiger charge is 2.30. The molecular weight excluding hydrogens is 355 g/mol. The molecule has 0 saturated heterocycles. The van der Waals surface area contributed by atoms with Gasteiger partial charge in [0.1, 0.15) is 5.82 Å². The molecule has 1 saturated carbocycles. The molecule has 3 heterocycles. The fourth-order valence-corrected chi connectivity index (χ4v) is 4.00. The number of pyridine rings is 1. The Kier molecular flexibility index (Phi) is 3.79. The lowest BCUT2D eigenvalue weighted by atomic mass is 9.95. The number of anilines is 2. The minimum Gasteiger partial charge on any atom is -0.378 e. The number of hydrogen-bond acceptors (Lipinski definition) is 4. The fourth-order valence-electron chi connectivity index (χ4n) is 4.00. The summed E-state index contributed by atoms with van der Waals surface area (Å²) in [4.78, 5) is 0. The second-order valence-corrected chi connectivity index (χ2v) is 7.68. The van der Waals surface area contributed by atoms with Gasteiger partial charge in [-0.3, -0.25) is 5.10 Å². The standard InChI is InChI=1S/C21H23FN6/c1-11-18(14-6-7-28-15(8-14)9-17(23-3)27-28)16-10-24-26-20(16)21(19(11)22)25-12(2)13-4-5-13/h6-10,12-13,25H,4-5H2,1-3H3,(H,23,27)(H,24,26). The number of aromatic nitrogens is 4. The molecule has 28 heavy (non-hydrogen) atoms. The summed E-state index contributed by atoms with van der Waals surface area (Å²) in [6.45, 7) is 3.96. The molecule has 5 rings (SSSR count). The summed E-state index contributed by atoms with van der Waals surface area (Å²) < 4.78 is 17.2. The fraction of sp³-hybridized carbons (Fsp3) is 0.333. The monoisotopic (exact) mass is 378 g/mol. The lowest BCUT2D eigenvalue weighted by Gasteiger charge is -2.19. The van der Waals surface area contributed by atoms with Crippen LogP contribution in [0.15, 0.2) is 30.6 Å². The van der Waals surface area contributed by atoms with E-state index in [-0.39, 0.29) is 11.9 Å². The van der Waals surface area contributed by atoms with Crippen LogP contribution in [0.4, 0.5) is 15.9 Å². The van der Waals surface area contributed by atoms with Crippen molar-refractivity contribution < 1.29 is 4.39 Å². The van der Waals surface area contributed by atoms with Gasteiger partial charge in [-0.25, -0.2) is 8.91 Å². The molecular formula is C21H23FN6. The molecule has 1 aromatic carbocycles. The first-order valence-electron chi connectivity index (χ1n) is 9.66. The van der Waals surface area contributed by atoms with Gasteiger partial charge in [0.15, 0.2) is 5.82 Å². The van der Waals surface area contributed by atoms with Crippen LogP contribution in [-0.2, 0) is 0 Å². The van der Waals surface area contributed by atoms with E-state index in [0.717, 1.165) is 33.4 Å². The topological polar surface area (TPSA) is 70.0 Å². The predicted molar refractivity (Wildman–Crippen MR) is 110 cm³/mol. The number of hydrogen-bond donors (Lipinski definition) is 3. The Bertz CT molecular complexity index is 1190. The first-order chi connectivity index (χ1) is 13.6. The van der Waals surface area contributed by atoms with E-state index in [1.54, 1.807) is 10.7 Å². The first kappa shape index (κ1) is 17.0. The number of aromatic amines is 1. The zero-order chi connectivity index (χ0) is 19.4. The van der Waals surface area contributed by atoms with Crippen LogP contribution < -0.4 is 10.6 Å². The van der Waals surface area contributed by atoms with E-state index in [2.05, 4.69) is 32.9 Å². The average Bonchev–Trinajstić information content (AvgIpc) is 3.30. The molecule has 0 aliphatic heterocycles. The van der Waals surface area contributed by atoms with Gasteiger partial charge in [-0.2, -0.15) is 10.2 Å². The number of fused-ring (bicyclic) bond motifs is 2. The molecule has 1 fully saturated rings. The molecule has 1 aliphatic rings. The van der Waals surface area contributed by atoms with Crippen molar-refractivity contribution in [3.8, 4) is 11.1 Å². The summed E-state index contributed by atoms with van der Waals surface area (Å²) in [5.41, 5.74) is 4.62. The highest BCUT2D eigenvalue weighted by molar-refractivity contribution is 6.03. The average molecular weight is 378 g/mol. The van der Waals surface area contributed by atoms with E-state index in [4.69, 9.17) is 0 Å². The number of nitrogens with one attached hydrogen (secondary N) is 3. The van der Waals surface area contributed by atoms with Gasteiger partial charge >= 0.3 is 0 Å².